The largest absolute Gasteiger partial charge is 0.508 e. The summed E-state index contributed by atoms with van der Waals surface area (Å²) in [6.45, 7) is 4.99. The van der Waals surface area contributed by atoms with Crippen LogP contribution < -0.4 is 5.73 Å². The van der Waals surface area contributed by atoms with Crippen molar-refractivity contribution in [1.82, 2.24) is 0 Å². The highest BCUT2D eigenvalue weighted by molar-refractivity contribution is 5.30. The van der Waals surface area contributed by atoms with Crippen molar-refractivity contribution in [3.8, 4) is 5.75 Å². The lowest BCUT2D eigenvalue weighted by Crippen LogP contribution is -2.18. The smallest absolute Gasteiger partial charge is 0.115 e. The molecule has 0 bridgehead atoms. The molecule has 0 saturated heterocycles. The third-order valence-corrected chi connectivity index (χ3v) is 2.80. The molecule has 0 amide bonds. The minimum atomic E-state index is 0.338. The number of rotatable bonds is 4. The van der Waals surface area contributed by atoms with Crippen molar-refractivity contribution in [2.24, 2.45) is 11.7 Å². The summed E-state index contributed by atoms with van der Waals surface area (Å²) in [4.78, 5) is 0. The van der Waals surface area contributed by atoms with Crippen LogP contribution in [0.1, 0.15) is 31.7 Å². The molecule has 2 atom stereocenters. The van der Waals surface area contributed by atoms with Crippen LogP contribution in [0.5, 0.6) is 5.75 Å². The quantitative estimate of drug-likeness (QED) is 0.771. The maximum absolute atomic E-state index is 9.38. The predicted molar refractivity (Wildman–Crippen MR) is 59.4 cm³/mol. The van der Waals surface area contributed by atoms with Crippen LogP contribution in [0.25, 0.3) is 0 Å². The molecule has 0 aliphatic rings. The molecule has 2 heteroatoms. The van der Waals surface area contributed by atoms with Crippen LogP contribution in [0.4, 0.5) is 0 Å². The van der Waals surface area contributed by atoms with Crippen LogP contribution in [0.15, 0.2) is 24.3 Å². The van der Waals surface area contributed by atoms with Crippen molar-refractivity contribution in [3.05, 3.63) is 29.8 Å². The van der Waals surface area contributed by atoms with Crippen LogP contribution >= 0.6 is 0 Å². The molecule has 0 saturated carbocycles. The van der Waals surface area contributed by atoms with Gasteiger partial charge in [-0.05, 0) is 42.5 Å². The van der Waals surface area contributed by atoms with E-state index in [0.717, 1.165) is 6.42 Å². The number of nitrogens with two attached hydrogens (primary N) is 1. The Kier molecular flexibility index (Phi) is 3.96. The Hall–Kier alpha value is -1.02. The molecule has 78 valence electrons. The molecule has 1 aromatic carbocycles. The van der Waals surface area contributed by atoms with E-state index in [9.17, 15) is 5.11 Å². The number of hydrogen-bond donors (Lipinski definition) is 2. The Labute approximate surface area is 85.8 Å². The summed E-state index contributed by atoms with van der Waals surface area (Å²) in [5.41, 5.74) is 6.85. The zero-order valence-electron chi connectivity index (χ0n) is 8.90. The highest BCUT2D eigenvalue weighted by Crippen LogP contribution is 2.29. The van der Waals surface area contributed by atoms with Crippen LogP contribution in [0.2, 0.25) is 0 Å². The van der Waals surface area contributed by atoms with E-state index in [2.05, 4.69) is 19.9 Å². The molecule has 0 aliphatic heterocycles. The van der Waals surface area contributed by atoms with Gasteiger partial charge in [-0.3, -0.25) is 0 Å². The fourth-order valence-corrected chi connectivity index (χ4v) is 1.89. The first-order chi connectivity index (χ1) is 6.69. The minimum Gasteiger partial charge on any atom is -0.508 e. The Morgan fingerprint density at radius 3 is 2.64 bits per heavy atom. The van der Waals surface area contributed by atoms with Gasteiger partial charge in [-0.15, -0.1) is 0 Å². The van der Waals surface area contributed by atoms with Gasteiger partial charge in [0, 0.05) is 0 Å². The number of benzene rings is 1. The monoisotopic (exact) mass is 193 g/mol. The first kappa shape index (κ1) is 11.1. The first-order valence-corrected chi connectivity index (χ1v) is 5.18. The Morgan fingerprint density at radius 1 is 1.43 bits per heavy atom. The standard InChI is InChI=1S/C12H19NO/c1-3-12(9(2)8-13)10-5-4-6-11(14)7-10/h4-7,9,12,14H,3,8,13H2,1-2H3/t9-,12?/m0/s1. The SMILES string of the molecule is CCC(c1cccc(O)c1)[C@@H](C)CN. The Balaban J connectivity index is 2.89. The van der Waals surface area contributed by atoms with Crippen LogP contribution in [0, 0.1) is 5.92 Å². The third-order valence-electron chi connectivity index (χ3n) is 2.80. The second-order valence-corrected chi connectivity index (χ2v) is 3.82. The van der Waals surface area contributed by atoms with Gasteiger partial charge in [0.1, 0.15) is 5.75 Å². The van der Waals surface area contributed by atoms with Gasteiger partial charge < -0.3 is 10.8 Å². The van der Waals surface area contributed by atoms with Crippen molar-refractivity contribution in [2.75, 3.05) is 6.54 Å². The zero-order valence-corrected chi connectivity index (χ0v) is 8.90. The molecular weight excluding hydrogens is 174 g/mol. The second-order valence-electron chi connectivity index (χ2n) is 3.82. The highest BCUT2D eigenvalue weighted by atomic mass is 16.3. The molecule has 0 spiro atoms. The van der Waals surface area contributed by atoms with E-state index in [1.54, 1.807) is 6.07 Å². The van der Waals surface area contributed by atoms with Crippen molar-refractivity contribution in [2.45, 2.75) is 26.2 Å². The van der Waals surface area contributed by atoms with Crippen molar-refractivity contribution >= 4 is 0 Å². The van der Waals surface area contributed by atoms with E-state index in [1.165, 1.54) is 5.56 Å². The number of phenolic OH excluding ortho intramolecular Hbond substituents is 1. The van der Waals surface area contributed by atoms with Crippen LogP contribution in [-0.2, 0) is 0 Å². The van der Waals surface area contributed by atoms with Gasteiger partial charge in [-0.25, -0.2) is 0 Å². The van der Waals surface area contributed by atoms with E-state index in [-0.39, 0.29) is 0 Å². The van der Waals surface area contributed by atoms with Gasteiger partial charge in [0.05, 0.1) is 0 Å². The van der Waals surface area contributed by atoms with Crippen LogP contribution in [-0.4, -0.2) is 11.7 Å². The summed E-state index contributed by atoms with van der Waals surface area (Å²) in [6.07, 6.45) is 1.06. The lowest BCUT2D eigenvalue weighted by molar-refractivity contribution is 0.447. The van der Waals surface area contributed by atoms with Crippen molar-refractivity contribution in [1.29, 1.82) is 0 Å². The molecule has 1 unspecified atom stereocenters. The Morgan fingerprint density at radius 2 is 2.14 bits per heavy atom. The first-order valence-electron chi connectivity index (χ1n) is 5.18. The fourth-order valence-electron chi connectivity index (χ4n) is 1.89. The molecular formula is C12H19NO. The lowest BCUT2D eigenvalue weighted by Gasteiger charge is -2.21. The molecule has 0 aromatic heterocycles. The lowest BCUT2D eigenvalue weighted by atomic mass is 9.85. The summed E-state index contributed by atoms with van der Waals surface area (Å²) in [7, 11) is 0. The second kappa shape index (κ2) is 5.01. The molecule has 1 rings (SSSR count). The highest BCUT2D eigenvalue weighted by Gasteiger charge is 2.16. The molecule has 3 N–H and O–H groups in total. The summed E-state index contributed by atoms with van der Waals surface area (Å²) in [5.74, 6) is 1.25. The van der Waals surface area contributed by atoms with Crippen molar-refractivity contribution < 1.29 is 5.11 Å². The molecule has 2 nitrogen and oxygen atoms in total. The summed E-state index contributed by atoms with van der Waals surface area (Å²) in [5, 5.41) is 9.38. The van der Waals surface area contributed by atoms with E-state index in [4.69, 9.17) is 5.73 Å². The number of aromatic hydroxyl groups is 1. The average Bonchev–Trinajstić information content (AvgIpc) is 2.19. The van der Waals surface area contributed by atoms with Gasteiger partial charge in [0.2, 0.25) is 0 Å². The molecule has 14 heavy (non-hydrogen) atoms. The molecule has 0 aliphatic carbocycles. The summed E-state index contributed by atoms with van der Waals surface area (Å²) < 4.78 is 0. The maximum atomic E-state index is 9.38. The van der Waals surface area contributed by atoms with E-state index < -0.39 is 0 Å². The minimum absolute atomic E-state index is 0.338. The molecule has 0 heterocycles. The third kappa shape index (κ3) is 2.48. The fraction of sp³-hybridized carbons (Fsp3) is 0.500. The van der Waals surface area contributed by atoms with Gasteiger partial charge in [0.15, 0.2) is 0 Å². The van der Waals surface area contributed by atoms with Gasteiger partial charge in [-0.2, -0.15) is 0 Å². The number of hydrogen-bond acceptors (Lipinski definition) is 2. The molecule has 0 fully saturated rings. The number of phenols is 1. The van der Waals surface area contributed by atoms with Gasteiger partial charge in [0.25, 0.3) is 0 Å². The summed E-state index contributed by atoms with van der Waals surface area (Å²) in [6, 6.07) is 7.47. The molecule has 0 radical (unpaired) electrons. The van der Waals surface area contributed by atoms with E-state index >= 15 is 0 Å². The summed E-state index contributed by atoms with van der Waals surface area (Å²) >= 11 is 0. The maximum Gasteiger partial charge on any atom is 0.115 e. The van der Waals surface area contributed by atoms with Gasteiger partial charge in [-0.1, -0.05) is 26.0 Å². The Bertz CT molecular complexity index is 285. The predicted octanol–water partition coefficient (Wildman–Crippen LogP) is 2.48. The van der Waals surface area contributed by atoms with E-state index in [0.29, 0.717) is 24.1 Å². The van der Waals surface area contributed by atoms with Gasteiger partial charge >= 0.3 is 0 Å². The topological polar surface area (TPSA) is 46.2 Å². The average molecular weight is 193 g/mol. The molecule has 1 aromatic rings. The van der Waals surface area contributed by atoms with E-state index in [1.807, 2.05) is 12.1 Å². The zero-order chi connectivity index (χ0) is 10.6. The van der Waals surface area contributed by atoms with Crippen LogP contribution in [0.3, 0.4) is 0 Å². The van der Waals surface area contributed by atoms with Crippen molar-refractivity contribution in [3.63, 3.8) is 0 Å². The normalized spacial score (nSPS) is 15.1.